The average Bonchev–Trinajstić information content (AvgIpc) is 3.74. The number of hydrogen-bond donors (Lipinski definition) is 0. The fourth-order valence-electron chi connectivity index (χ4n) is 9.79. The van der Waals surface area contributed by atoms with Crippen LogP contribution in [0.2, 0.25) is 0 Å². The summed E-state index contributed by atoms with van der Waals surface area (Å²) in [4.78, 5) is 7.52. The number of fused-ring (bicyclic) bond motifs is 6. The monoisotopic (exact) mass is 750 g/mol. The summed E-state index contributed by atoms with van der Waals surface area (Å²) in [5.74, 6) is 0. The van der Waals surface area contributed by atoms with Crippen molar-refractivity contribution in [1.29, 1.82) is 0 Å². The number of nitrogens with zero attached hydrogens (tertiary/aromatic N) is 2. The molecular formula is C57H38N2. The van der Waals surface area contributed by atoms with E-state index in [4.69, 9.17) is 4.99 Å². The minimum absolute atomic E-state index is 0.0131. The summed E-state index contributed by atoms with van der Waals surface area (Å²) >= 11 is 0. The second kappa shape index (κ2) is 13.5. The highest BCUT2D eigenvalue weighted by atomic mass is 15.3. The molecule has 0 amide bonds. The van der Waals surface area contributed by atoms with Gasteiger partial charge >= 0.3 is 0 Å². The van der Waals surface area contributed by atoms with Gasteiger partial charge in [0.05, 0.1) is 12.3 Å². The van der Waals surface area contributed by atoms with Crippen molar-refractivity contribution in [3.8, 4) is 33.4 Å². The average molecular weight is 751 g/mol. The lowest BCUT2D eigenvalue weighted by Gasteiger charge is -2.23. The zero-order chi connectivity index (χ0) is 38.9. The number of rotatable bonds is 5. The van der Waals surface area contributed by atoms with Crippen LogP contribution >= 0.6 is 0 Å². The van der Waals surface area contributed by atoms with Crippen LogP contribution in [-0.2, 0) is 0 Å². The fraction of sp³-hybridized carbons (Fsp3) is 0.0351. The highest BCUT2D eigenvalue weighted by molar-refractivity contribution is 6.30. The lowest BCUT2D eigenvalue weighted by atomic mass is 9.81. The summed E-state index contributed by atoms with van der Waals surface area (Å²) in [6.45, 7) is 0.793. The summed E-state index contributed by atoms with van der Waals surface area (Å²) in [6.07, 6.45) is 6.69. The molecule has 0 fully saturated rings. The van der Waals surface area contributed by atoms with E-state index in [2.05, 4.69) is 217 Å². The molecule has 1 atom stereocenters. The van der Waals surface area contributed by atoms with Crippen LogP contribution in [-0.4, -0.2) is 23.3 Å². The molecule has 0 spiro atoms. The van der Waals surface area contributed by atoms with Crippen molar-refractivity contribution in [1.82, 2.24) is 4.90 Å². The SMILES string of the molecule is C1=CN2CC(c3ccc(-c4c5ccccc5c(-c5c6ccccc6c(-c6ccc7ccccc7c6)c6ccccc56)c5ccccc45)cc3)=NC2C=C1c1ccccc1. The molecule has 10 aromatic rings. The molecule has 2 heteroatoms. The number of hydrogen-bond acceptors (Lipinski definition) is 2. The molecule has 0 aliphatic carbocycles. The Morgan fingerprint density at radius 1 is 0.373 bits per heavy atom. The lowest BCUT2D eigenvalue weighted by molar-refractivity contribution is 0.395. The van der Waals surface area contributed by atoms with E-state index in [1.165, 1.54) is 104 Å². The highest BCUT2D eigenvalue weighted by Gasteiger charge is 2.27. The molecule has 1 unspecified atom stereocenters. The van der Waals surface area contributed by atoms with Crippen molar-refractivity contribution in [2.75, 3.05) is 6.54 Å². The zero-order valence-corrected chi connectivity index (χ0v) is 32.4. The molecule has 2 aliphatic heterocycles. The maximum absolute atomic E-state index is 5.21. The number of aliphatic imine (C=N–C) groups is 1. The fourth-order valence-corrected chi connectivity index (χ4v) is 9.79. The van der Waals surface area contributed by atoms with Crippen molar-refractivity contribution >= 4 is 65.1 Å². The van der Waals surface area contributed by atoms with E-state index >= 15 is 0 Å². The van der Waals surface area contributed by atoms with Crippen molar-refractivity contribution in [2.45, 2.75) is 6.17 Å². The van der Waals surface area contributed by atoms with Crippen LogP contribution in [0.1, 0.15) is 11.1 Å². The van der Waals surface area contributed by atoms with E-state index in [1.54, 1.807) is 0 Å². The molecule has 0 radical (unpaired) electrons. The van der Waals surface area contributed by atoms with Crippen LogP contribution in [0.25, 0.3) is 92.8 Å². The first-order valence-corrected chi connectivity index (χ1v) is 20.5. The van der Waals surface area contributed by atoms with Gasteiger partial charge in [0.2, 0.25) is 0 Å². The predicted octanol–water partition coefficient (Wildman–Crippen LogP) is 14.5. The molecule has 0 saturated carbocycles. The summed E-state index contributed by atoms with van der Waals surface area (Å²) in [5.41, 5.74) is 12.3. The molecular weight excluding hydrogens is 713 g/mol. The third-order valence-corrected chi connectivity index (χ3v) is 12.5. The summed E-state index contributed by atoms with van der Waals surface area (Å²) < 4.78 is 0. The van der Waals surface area contributed by atoms with E-state index in [0.717, 1.165) is 12.3 Å². The molecule has 0 bridgehead atoms. The van der Waals surface area contributed by atoms with E-state index in [1.807, 2.05) is 0 Å². The Morgan fingerprint density at radius 3 is 1.37 bits per heavy atom. The van der Waals surface area contributed by atoms with Crippen molar-refractivity contribution in [2.24, 2.45) is 4.99 Å². The predicted molar refractivity (Wildman–Crippen MR) is 251 cm³/mol. The van der Waals surface area contributed by atoms with Crippen LogP contribution in [0.3, 0.4) is 0 Å². The Labute approximate surface area is 343 Å². The second-order valence-corrected chi connectivity index (χ2v) is 15.8. The molecule has 2 aliphatic rings. The Morgan fingerprint density at radius 2 is 0.814 bits per heavy atom. The first kappa shape index (κ1) is 33.6. The van der Waals surface area contributed by atoms with Crippen molar-refractivity contribution in [3.63, 3.8) is 0 Å². The molecule has 0 aromatic heterocycles. The van der Waals surface area contributed by atoms with Crippen LogP contribution < -0.4 is 0 Å². The standard InChI is InChI=1S/C57H38N2/c1-2-14-37(15-3-1)42-32-33-59-36-52(58-53(59)35-42)39-27-29-40(30-28-39)54-44-18-6-10-22-48(44)56(49-23-11-7-19-45(49)54)57-50-24-12-8-20-46(50)55(47-21-9-13-25-51(47)57)43-31-26-38-16-4-5-17-41(38)34-43/h1-35,53H,36H2. The molecule has 59 heavy (non-hydrogen) atoms. The van der Waals surface area contributed by atoms with Gasteiger partial charge in [-0.1, -0.05) is 188 Å². The molecule has 0 N–H and O–H groups in total. The number of benzene rings is 10. The topological polar surface area (TPSA) is 15.6 Å². The maximum atomic E-state index is 5.21. The lowest BCUT2D eigenvalue weighted by Crippen LogP contribution is -2.26. The molecule has 0 saturated heterocycles. The Balaban J connectivity index is 1.03. The molecule has 2 nitrogen and oxygen atoms in total. The minimum atomic E-state index is 0.0131. The third-order valence-electron chi connectivity index (χ3n) is 12.5. The second-order valence-electron chi connectivity index (χ2n) is 15.8. The summed E-state index contributed by atoms with van der Waals surface area (Å²) in [7, 11) is 0. The molecule has 2 heterocycles. The summed E-state index contributed by atoms with van der Waals surface area (Å²) in [6, 6.07) is 71.3. The minimum Gasteiger partial charge on any atom is -0.347 e. The first-order valence-electron chi connectivity index (χ1n) is 20.5. The van der Waals surface area contributed by atoms with Gasteiger partial charge in [-0.25, -0.2) is 0 Å². The first-order chi connectivity index (χ1) is 29.3. The highest BCUT2D eigenvalue weighted by Crippen LogP contribution is 2.50. The van der Waals surface area contributed by atoms with Crippen LogP contribution in [0.4, 0.5) is 0 Å². The Kier molecular flexibility index (Phi) is 7.71. The van der Waals surface area contributed by atoms with Gasteiger partial charge in [-0.2, -0.15) is 0 Å². The van der Waals surface area contributed by atoms with E-state index in [9.17, 15) is 0 Å². The van der Waals surface area contributed by atoms with Crippen molar-refractivity contribution < 1.29 is 0 Å². The summed E-state index contributed by atoms with van der Waals surface area (Å²) in [5, 5.41) is 12.6. The van der Waals surface area contributed by atoms with E-state index in [0.29, 0.717) is 0 Å². The van der Waals surface area contributed by atoms with Gasteiger partial charge in [-0.15, -0.1) is 0 Å². The zero-order valence-electron chi connectivity index (χ0n) is 32.4. The van der Waals surface area contributed by atoms with Gasteiger partial charge in [0.15, 0.2) is 0 Å². The van der Waals surface area contributed by atoms with Crippen LogP contribution in [0, 0.1) is 0 Å². The largest absolute Gasteiger partial charge is 0.347 e. The molecule has 12 rings (SSSR count). The third kappa shape index (κ3) is 5.45. The maximum Gasteiger partial charge on any atom is 0.141 e. The van der Waals surface area contributed by atoms with E-state index in [-0.39, 0.29) is 6.17 Å². The van der Waals surface area contributed by atoms with Gasteiger partial charge < -0.3 is 4.90 Å². The van der Waals surface area contributed by atoms with Crippen LogP contribution in [0.5, 0.6) is 0 Å². The van der Waals surface area contributed by atoms with E-state index < -0.39 is 0 Å². The normalized spacial score (nSPS) is 15.0. The quantitative estimate of drug-likeness (QED) is 0.160. The molecule has 276 valence electrons. The molecule has 10 aromatic carbocycles. The van der Waals surface area contributed by atoms with Gasteiger partial charge in [-0.05, 0) is 122 Å². The van der Waals surface area contributed by atoms with Gasteiger partial charge in [-0.3, -0.25) is 4.99 Å². The van der Waals surface area contributed by atoms with Crippen LogP contribution in [0.15, 0.2) is 217 Å². The smallest absolute Gasteiger partial charge is 0.141 e. The number of allylic oxidation sites excluding steroid dienone is 2. The Hall–Kier alpha value is -7.55. The van der Waals surface area contributed by atoms with Gasteiger partial charge in [0.1, 0.15) is 6.17 Å². The van der Waals surface area contributed by atoms with Gasteiger partial charge in [0, 0.05) is 6.20 Å². The Bertz CT molecular complexity index is 3290. The van der Waals surface area contributed by atoms with Crippen molar-refractivity contribution in [3.05, 3.63) is 224 Å². The van der Waals surface area contributed by atoms with Gasteiger partial charge in [0.25, 0.3) is 0 Å².